The molecule has 0 radical (unpaired) electrons. The van der Waals surface area contributed by atoms with Crippen LogP contribution in [0.15, 0.2) is 72.8 Å². The van der Waals surface area contributed by atoms with E-state index in [4.69, 9.17) is 17.0 Å². The number of methoxy groups -OCH3 is 1. The van der Waals surface area contributed by atoms with Crippen molar-refractivity contribution in [2.24, 2.45) is 0 Å². The normalized spacial score (nSPS) is 10.6. The van der Waals surface area contributed by atoms with E-state index in [1.54, 1.807) is 42.7 Å². The second kappa shape index (κ2) is 9.02. The fourth-order valence-electron chi connectivity index (χ4n) is 2.96. The second-order valence-corrected chi connectivity index (χ2v) is 8.11. The Morgan fingerprint density at radius 1 is 1.03 bits per heavy atom. The monoisotopic (exact) mass is 433 g/mol. The summed E-state index contributed by atoms with van der Waals surface area (Å²) in [5.41, 5.74) is 3.51. The number of nitrogens with zero attached hydrogens (tertiary/aromatic N) is 1. The number of hydrogen-bond donors (Lipinski definition) is 2. The molecule has 0 saturated heterocycles. The van der Waals surface area contributed by atoms with Crippen LogP contribution in [0.4, 0.5) is 5.69 Å². The minimum Gasteiger partial charge on any atom is -0.497 e. The van der Waals surface area contributed by atoms with Crippen LogP contribution >= 0.6 is 23.6 Å². The molecule has 0 fully saturated rings. The first kappa shape index (κ1) is 20.0. The van der Waals surface area contributed by atoms with E-state index in [0.29, 0.717) is 11.3 Å². The fraction of sp³-hybridized carbons (Fsp3) is 0.0870. The van der Waals surface area contributed by atoms with Crippen molar-refractivity contribution in [3.05, 3.63) is 88.9 Å². The van der Waals surface area contributed by atoms with Gasteiger partial charge in [0.2, 0.25) is 0 Å². The largest absolute Gasteiger partial charge is 0.497 e. The van der Waals surface area contributed by atoms with Crippen LogP contribution in [-0.4, -0.2) is 23.1 Å². The van der Waals surface area contributed by atoms with Gasteiger partial charge < -0.3 is 10.1 Å². The van der Waals surface area contributed by atoms with Crippen molar-refractivity contribution in [1.29, 1.82) is 0 Å². The third-order valence-corrected chi connectivity index (χ3v) is 5.73. The quantitative estimate of drug-likeness (QED) is 0.433. The van der Waals surface area contributed by atoms with Gasteiger partial charge in [-0.3, -0.25) is 10.1 Å². The highest BCUT2D eigenvalue weighted by molar-refractivity contribution is 7.80. The average molecular weight is 434 g/mol. The number of benzene rings is 3. The highest BCUT2D eigenvalue weighted by Gasteiger charge is 2.09. The Hall–Kier alpha value is -3.29. The maximum Gasteiger partial charge on any atom is 0.257 e. The molecule has 1 amide bonds. The zero-order chi connectivity index (χ0) is 20.9. The number of nitrogens with one attached hydrogen (secondary N) is 2. The van der Waals surface area contributed by atoms with Crippen molar-refractivity contribution in [3.63, 3.8) is 0 Å². The molecule has 2 N–H and O–H groups in total. The van der Waals surface area contributed by atoms with Gasteiger partial charge in [-0.2, -0.15) is 0 Å². The first-order chi connectivity index (χ1) is 14.6. The zero-order valence-electron chi connectivity index (χ0n) is 16.2. The maximum absolute atomic E-state index is 12.3. The van der Waals surface area contributed by atoms with Crippen LogP contribution in [0.3, 0.4) is 0 Å². The molecular weight excluding hydrogens is 414 g/mol. The van der Waals surface area contributed by atoms with Gasteiger partial charge in [0.15, 0.2) is 5.11 Å². The van der Waals surface area contributed by atoms with E-state index in [9.17, 15) is 4.79 Å². The number of thiazole rings is 1. The number of hydrogen-bond acceptors (Lipinski definition) is 5. The lowest BCUT2D eigenvalue weighted by Crippen LogP contribution is -2.34. The van der Waals surface area contributed by atoms with Gasteiger partial charge >= 0.3 is 0 Å². The van der Waals surface area contributed by atoms with Gasteiger partial charge in [-0.15, -0.1) is 11.3 Å². The molecule has 3 aromatic carbocycles. The Morgan fingerprint density at radius 2 is 1.77 bits per heavy atom. The smallest absolute Gasteiger partial charge is 0.257 e. The standard InChI is InChI=1S/C23H19N3O2S2/c1-28-18-12-8-16(9-13-18)22(27)26-23(29)24-17-10-6-15(7-11-17)14-21-25-19-4-2-3-5-20(19)30-21/h2-13H,14H2,1H3,(H2,24,26,27,29). The van der Waals surface area contributed by atoms with E-state index in [-0.39, 0.29) is 11.0 Å². The molecule has 0 unspecified atom stereocenters. The second-order valence-electron chi connectivity index (χ2n) is 6.59. The number of para-hydroxylation sites is 1. The van der Waals surface area contributed by atoms with Gasteiger partial charge in [0.25, 0.3) is 5.91 Å². The Bertz CT molecular complexity index is 1150. The van der Waals surface area contributed by atoms with E-state index in [0.717, 1.165) is 28.2 Å². The number of fused-ring (bicyclic) bond motifs is 1. The number of ether oxygens (including phenoxy) is 1. The molecule has 0 aliphatic heterocycles. The number of carbonyl (C=O) groups is 1. The number of carbonyl (C=O) groups excluding carboxylic acids is 1. The topological polar surface area (TPSA) is 63.2 Å². The Morgan fingerprint density at radius 3 is 2.47 bits per heavy atom. The lowest BCUT2D eigenvalue weighted by molar-refractivity contribution is 0.0977. The molecule has 150 valence electrons. The summed E-state index contributed by atoms with van der Waals surface area (Å²) in [4.78, 5) is 17.0. The summed E-state index contributed by atoms with van der Waals surface area (Å²) in [7, 11) is 1.58. The summed E-state index contributed by atoms with van der Waals surface area (Å²) in [6, 6.07) is 22.9. The van der Waals surface area contributed by atoms with Gasteiger partial charge in [0.05, 0.1) is 22.3 Å². The molecule has 1 heterocycles. The van der Waals surface area contributed by atoms with E-state index in [2.05, 4.69) is 21.7 Å². The van der Waals surface area contributed by atoms with Crippen LogP contribution in [0.1, 0.15) is 20.9 Å². The van der Waals surface area contributed by atoms with Gasteiger partial charge in [-0.1, -0.05) is 24.3 Å². The van der Waals surface area contributed by atoms with Crippen molar-refractivity contribution in [2.45, 2.75) is 6.42 Å². The van der Waals surface area contributed by atoms with E-state index < -0.39 is 0 Å². The predicted octanol–water partition coefficient (Wildman–Crippen LogP) is 5.02. The number of anilines is 1. The summed E-state index contributed by atoms with van der Waals surface area (Å²) in [6.07, 6.45) is 0.776. The van der Waals surface area contributed by atoms with Gasteiger partial charge in [-0.05, 0) is 66.3 Å². The number of rotatable bonds is 5. The third-order valence-electron chi connectivity index (χ3n) is 4.48. The van der Waals surface area contributed by atoms with Gasteiger partial charge in [0, 0.05) is 17.7 Å². The summed E-state index contributed by atoms with van der Waals surface area (Å²) < 4.78 is 6.30. The molecule has 5 nitrogen and oxygen atoms in total. The Kier molecular flexibility index (Phi) is 6.02. The Balaban J connectivity index is 1.34. The first-order valence-electron chi connectivity index (χ1n) is 9.30. The van der Waals surface area contributed by atoms with Crippen LogP contribution in [0.25, 0.3) is 10.2 Å². The van der Waals surface area contributed by atoms with E-state index in [1.165, 1.54) is 4.70 Å². The van der Waals surface area contributed by atoms with Gasteiger partial charge in [0.1, 0.15) is 5.75 Å². The van der Waals surface area contributed by atoms with Crippen molar-refractivity contribution < 1.29 is 9.53 Å². The molecule has 1 aromatic heterocycles. The molecule has 7 heteroatoms. The van der Waals surface area contributed by atoms with Crippen molar-refractivity contribution in [3.8, 4) is 5.75 Å². The molecule has 0 bridgehead atoms. The molecule has 0 atom stereocenters. The fourth-order valence-corrected chi connectivity index (χ4v) is 4.17. The maximum atomic E-state index is 12.3. The molecule has 0 saturated carbocycles. The summed E-state index contributed by atoms with van der Waals surface area (Å²) >= 11 is 6.97. The predicted molar refractivity (Wildman–Crippen MR) is 126 cm³/mol. The highest BCUT2D eigenvalue weighted by Crippen LogP contribution is 2.24. The van der Waals surface area contributed by atoms with Crippen LogP contribution < -0.4 is 15.4 Å². The highest BCUT2D eigenvalue weighted by atomic mass is 32.1. The summed E-state index contributed by atoms with van der Waals surface area (Å²) in [5, 5.41) is 7.05. The van der Waals surface area contributed by atoms with E-state index >= 15 is 0 Å². The SMILES string of the molecule is COc1ccc(C(=O)NC(=S)Nc2ccc(Cc3nc4ccccc4s3)cc2)cc1. The summed E-state index contributed by atoms with van der Waals surface area (Å²) in [6.45, 7) is 0. The minimum absolute atomic E-state index is 0.245. The van der Waals surface area contributed by atoms with Crippen molar-refractivity contribution in [1.82, 2.24) is 10.3 Å². The van der Waals surface area contributed by atoms with E-state index in [1.807, 2.05) is 42.5 Å². The number of thiocarbonyl (C=S) groups is 1. The van der Waals surface area contributed by atoms with Crippen LogP contribution in [0, 0.1) is 0 Å². The Labute approximate surface area is 183 Å². The van der Waals surface area contributed by atoms with Crippen LogP contribution in [-0.2, 0) is 6.42 Å². The van der Waals surface area contributed by atoms with Crippen molar-refractivity contribution in [2.75, 3.05) is 12.4 Å². The summed E-state index contributed by atoms with van der Waals surface area (Å²) in [5.74, 6) is 0.417. The molecule has 0 aliphatic rings. The molecule has 4 aromatic rings. The lowest BCUT2D eigenvalue weighted by atomic mass is 10.1. The number of aromatic nitrogens is 1. The first-order valence-corrected chi connectivity index (χ1v) is 10.5. The van der Waals surface area contributed by atoms with Crippen LogP contribution in [0.5, 0.6) is 5.75 Å². The lowest BCUT2D eigenvalue weighted by Gasteiger charge is -2.10. The van der Waals surface area contributed by atoms with Crippen LogP contribution in [0.2, 0.25) is 0 Å². The molecule has 0 spiro atoms. The molecule has 30 heavy (non-hydrogen) atoms. The molecule has 0 aliphatic carbocycles. The molecular formula is C23H19N3O2S2. The average Bonchev–Trinajstić information content (AvgIpc) is 3.17. The van der Waals surface area contributed by atoms with Gasteiger partial charge in [-0.25, -0.2) is 4.98 Å². The zero-order valence-corrected chi connectivity index (χ0v) is 17.8. The third kappa shape index (κ3) is 4.82. The minimum atomic E-state index is -0.275. The van der Waals surface area contributed by atoms with Crippen molar-refractivity contribution >= 4 is 50.5 Å². The molecule has 4 rings (SSSR count). The number of amides is 1.